The van der Waals surface area contributed by atoms with Gasteiger partial charge in [-0.05, 0) is 25.4 Å². The maximum Gasteiger partial charge on any atom is 0.135 e. The molecule has 1 atom stereocenters. The largest absolute Gasteiger partial charge is 0.384 e. The molecule has 0 aliphatic rings. The number of thioether (sulfide) groups is 1. The van der Waals surface area contributed by atoms with E-state index in [9.17, 15) is 0 Å². The molecule has 1 unspecified atom stereocenters. The number of nitrogens with zero attached hydrogens (tertiary/aromatic N) is 3. The van der Waals surface area contributed by atoms with E-state index >= 15 is 0 Å². The predicted octanol–water partition coefficient (Wildman–Crippen LogP) is 2.76. The van der Waals surface area contributed by atoms with Gasteiger partial charge in [0.05, 0.1) is 0 Å². The third-order valence-corrected chi connectivity index (χ3v) is 3.67. The van der Waals surface area contributed by atoms with Gasteiger partial charge in [-0.25, -0.2) is 9.97 Å². The highest BCUT2D eigenvalue weighted by Crippen LogP contribution is 2.20. The van der Waals surface area contributed by atoms with Crippen LogP contribution in [0.1, 0.15) is 38.9 Å². The fourth-order valence-electron chi connectivity index (χ4n) is 1.62. The van der Waals surface area contributed by atoms with Crippen LogP contribution in [-0.4, -0.2) is 35.1 Å². The molecule has 0 aliphatic carbocycles. The zero-order valence-electron chi connectivity index (χ0n) is 12.0. The lowest BCUT2D eigenvalue weighted by molar-refractivity contribution is 0.655. The molecule has 2 N–H and O–H groups in total. The molecule has 18 heavy (non-hydrogen) atoms. The minimum absolute atomic E-state index is 0.294. The van der Waals surface area contributed by atoms with Crippen molar-refractivity contribution in [3.05, 3.63) is 11.9 Å². The number of hydrogen-bond acceptors (Lipinski definition) is 5. The molecule has 1 heterocycles. The van der Waals surface area contributed by atoms with Gasteiger partial charge in [-0.15, -0.1) is 0 Å². The summed E-state index contributed by atoms with van der Waals surface area (Å²) in [4.78, 5) is 11.0. The lowest BCUT2D eigenvalue weighted by Crippen LogP contribution is -2.30. The molecule has 0 aromatic carbocycles. The Kier molecular flexibility index (Phi) is 5.72. The fourth-order valence-corrected chi connectivity index (χ4v) is 2.20. The first-order chi connectivity index (χ1) is 8.45. The molecule has 1 aromatic rings. The molecule has 0 saturated heterocycles. The van der Waals surface area contributed by atoms with Crippen molar-refractivity contribution in [1.82, 2.24) is 9.97 Å². The van der Waals surface area contributed by atoms with Crippen molar-refractivity contribution in [1.29, 1.82) is 0 Å². The van der Waals surface area contributed by atoms with E-state index in [4.69, 9.17) is 5.73 Å². The number of nitrogen functional groups attached to an aromatic ring is 1. The van der Waals surface area contributed by atoms with E-state index in [1.54, 1.807) is 0 Å². The number of hydrogen-bond donors (Lipinski definition) is 1. The smallest absolute Gasteiger partial charge is 0.135 e. The Balaban J connectivity index is 2.87. The van der Waals surface area contributed by atoms with Crippen molar-refractivity contribution in [3.63, 3.8) is 0 Å². The summed E-state index contributed by atoms with van der Waals surface area (Å²) in [5, 5.41) is 0. The fraction of sp³-hybridized carbons (Fsp3) is 0.692. The Morgan fingerprint density at radius 2 is 2.00 bits per heavy atom. The van der Waals surface area contributed by atoms with E-state index in [2.05, 4.69) is 48.9 Å². The minimum atomic E-state index is 0.294. The second kappa shape index (κ2) is 6.83. The summed E-state index contributed by atoms with van der Waals surface area (Å²) in [7, 11) is 2.07. The van der Waals surface area contributed by atoms with Crippen LogP contribution in [0.5, 0.6) is 0 Å². The van der Waals surface area contributed by atoms with E-state index in [0.29, 0.717) is 17.8 Å². The first kappa shape index (κ1) is 15.1. The first-order valence-corrected chi connectivity index (χ1v) is 7.71. The van der Waals surface area contributed by atoms with Crippen LogP contribution < -0.4 is 10.6 Å². The van der Waals surface area contributed by atoms with Crippen LogP contribution in [0.2, 0.25) is 0 Å². The summed E-state index contributed by atoms with van der Waals surface area (Å²) in [6.07, 6.45) is 3.27. The number of nitrogens with two attached hydrogens (primary N) is 1. The molecule has 0 saturated carbocycles. The van der Waals surface area contributed by atoms with Crippen molar-refractivity contribution in [3.8, 4) is 0 Å². The normalized spacial score (nSPS) is 12.8. The lowest BCUT2D eigenvalue weighted by atomic mass is 10.2. The Hall–Kier alpha value is -0.970. The quantitative estimate of drug-likeness (QED) is 0.859. The molecule has 0 radical (unpaired) electrons. The average molecular weight is 268 g/mol. The monoisotopic (exact) mass is 268 g/mol. The SMILES string of the molecule is CSCCC(C)N(C)c1cc(N)nc(C(C)C)n1. The summed E-state index contributed by atoms with van der Waals surface area (Å²) >= 11 is 1.87. The molecule has 0 spiro atoms. The van der Waals surface area contributed by atoms with Crippen LogP contribution >= 0.6 is 11.8 Å². The lowest BCUT2D eigenvalue weighted by Gasteiger charge is -2.26. The number of rotatable bonds is 6. The van der Waals surface area contributed by atoms with Gasteiger partial charge in [0, 0.05) is 25.1 Å². The van der Waals surface area contributed by atoms with E-state index in [1.807, 2.05) is 17.8 Å². The van der Waals surface area contributed by atoms with Crippen molar-refractivity contribution < 1.29 is 0 Å². The standard InChI is InChI=1S/C13H24N4S/c1-9(2)13-15-11(14)8-12(16-13)17(4)10(3)6-7-18-5/h8-10H,6-7H2,1-5H3,(H2,14,15,16). The maximum absolute atomic E-state index is 5.85. The molecule has 1 aromatic heterocycles. The van der Waals surface area contributed by atoms with Crippen LogP contribution in [0, 0.1) is 0 Å². The molecule has 0 aliphatic heterocycles. The summed E-state index contributed by atoms with van der Waals surface area (Å²) in [6.45, 7) is 6.37. The van der Waals surface area contributed by atoms with Crippen LogP contribution in [-0.2, 0) is 0 Å². The van der Waals surface area contributed by atoms with Gasteiger partial charge in [0.2, 0.25) is 0 Å². The second-order valence-electron chi connectivity index (χ2n) is 4.91. The Labute approximate surface area is 114 Å². The highest BCUT2D eigenvalue weighted by atomic mass is 32.2. The number of aromatic nitrogens is 2. The van der Waals surface area contributed by atoms with Crippen LogP contribution in [0.4, 0.5) is 11.6 Å². The highest BCUT2D eigenvalue weighted by molar-refractivity contribution is 7.98. The molecule has 0 fully saturated rings. The van der Waals surface area contributed by atoms with Crippen molar-refractivity contribution in [2.45, 2.75) is 39.2 Å². The van der Waals surface area contributed by atoms with Gasteiger partial charge in [0.25, 0.3) is 0 Å². The van der Waals surface area contributed by atoms with E-state index < -0.39 is 0 Å². The third kappa shape index (κ3) is 4.05. The molecule has 4 nitrogen and oxygen atoms in total. The number of anilines is 2. The highest BCUT2D eigenvalue weighted by Gasteiger charge is 2.14. The molecule has 0 amide bonds. The van der Waals surface area contributed by atoms with Crippen LogP contribution in [0.15, 0.2) is 6.07 Å². The van der Waals surface area contributed by atoms with Gasteiger partial charge in [-0.2, -0.15) is 11.8 Å². The van der Waals surface area contributed by atoms with E-state index in [1.165, 1.54) is 0 Å². The topological polar surface area (TPSA) is 55.0 Å². The van der Waals surface area contributed by atoms with Crippen molar-refractivity contribution in [2.24, 2.45) is 0 Å². The summed E-state index contributed by atoms with van der Waals surface area (Å²) in [5.74, 6) is 3.73. The summed E-state index contributed by atoms with van der Waals surface area (Å²) < 4.78 is 0. The van der Waals surface area contributed by atoms with Crippen LogP contribution in [0.3, 0.4) is 0 Å². The summed E-state index contributed by atoms with van der Waals surface area (Å²) in [5.41, 5.74) is 5.85. The van der Waals surface area contributed by atoms with Gasteiger partial charge >= 0.3 is 0 Å². The van der Waals surface area contributed by atoms with Gasteiger partial charge in [0.1, 0.15) is 17.5 Å². The average Bonchev–Trinajstić information content (AvgIpc) is 2.34. The molecule has 5 heteroatoms. The van der Waals surface area contributed by atoms with E-state index in [-0.39, 0.29) is 0 Å². The first-order valence-electron chi connectivity index (χ1n) is 6.32. The molecule has 0 bridgehead atoms. The zero-order chi connectivity index (χ0) is 13.7. The molecular formula is C13H24N4S. The van der Waals surface area contributed by atoms with Crippen molar-refractivity contribution in [2.75, 3.05) is 29.7 Å². The molecular weight excluding hydrogens is 244 g/mol. The second-order valence-corrected chi connectivity index (χ2v) is 5.89. The van der Waals surface area contributed by atoms with Gasteiger partial charge in [-0.1, -0.05) is 13.8 Å². The Morgan fingerprint density at radius 1 is 1.33 bits per heavy atom. The Bertz CT molecular complexity index is 381. The Morgan fingerprint density at radius 3 is 2.56 bits per heavy atom. The van der Waals surface area contributed by atoms with Gasteiger partial charge < -0.3 is 10.6 Å². The minimum Gasteiger partial charge on any atom is -0.384 e. The van der Waals surface area contributed by atoms with Crippen LogP contribution in [0.25, 0.3) is 0 Å². The molecule has 102 valence electrons. The third-order valence-electron chi connectivity index (χ3n) is 3.03. The van der Waals surface area contributed by atoms with Crippen molar-refractivity contribution >= 4 is 23.4 Å². The van der Waals surface area contributed by atoms with E-state index in [0.717, 1.165) is 23.8 Å². The predicted molar refractivity (Wildman–Crippen MR) is 81.4 cm³/mol. The van der Waals surface area contributed by atoms with Gasteiger partial charge in [-0.3, -0.25) is 0 Å². The zero-order valence-corrected chi connectivity index (χ0v) is 12.8. The van der Waals surface area contributed by atoms with Gasteiger partial charge in [0.15, 0.2) is 0 Å². The summed E-state index contributed by atoms with van der Waals surface area (Å²) in [6, 6.07) is 2.30. The maximum atomic E-state index is 5.85. The molecule has 1 rings (SSSR count).